The number of nitrogens with zero attached hydrogens (tertiary/aromatic N) is 2. The molecule has 2 aromatic carbocycles. The van der Waals surface area contributed by atoms with Gasteiger partial charge in [0.05, 0.1) is 12.8 Å². The number of urea groups is 1. The van der Waals surface area contributed by atoms with E-state index in [9.17, 15) is 14.4 Å². The van der Waals surface area contributed by atoms with Crippen LogP contribution in [0.5, 0.6) is 5.75 Å². The maximum Gasteiger partial charge on any atom is 0.335 e. The van der Waals surface area contributed by atoms with E-state index in [4.69, 9.17) is 4.74 Å². The summed E-state index contributed by atoms with van der Waals surface area (Å²) in [6, 6.07) is 8.73. The van der Waals surface area contributed by atoms with Gasteiger partial charge in [-0.3, -0.25) is 14.9 Å². The van der Waals surface area contributed by atoms with Crippen LogP contribution in [-0.2, 0) is 9.59 Å². The monoisotopic (exact) mass is 489 g/mol. The number of fused-ring (bicyclic) bond motifs is 1. The number of aryl methyl sites for hydroxylation is 2. The minimum atomic E-state index is -0.754. The summed E-state index contributed by atoms with van der Waals surface area (Å²) in [7, 11) is 1.58. The van der Waals surface area contributed by atoms with E-state index in [1.165, 1.54) is 6.08 Å². The van der Waals surface area contributed by atoms with Gasteiger partial charge in [-0.2, -0.15) is 0 Å². The lowest BCUT2D eigenvalue weighted by Crippen LogP contribution is -2.54. The van der Waals surface area contributed by atoms with E-state index in [1.807, 2.05) is 32.0 Å². The van der Waals surface area contributed by atoms with Crippen molar-refractivity contribution in [1.29, 1.82) is 0 Å². The molecule has 0 saturated carbocycles. The van der Waals surface area contributed by atoms with Gasteiger partial charge >= 0.3 is 6.03 Å². The molecule has 2 aromatic rings. The SMILES string of the molecule is CCCN1c2cc(OC)c(/C=C3/C(=O)NC(=O)N(c4cc(C)cc(C)c4)C3=O)cc2C(C)CC1(C)C. The second kappa shape index (κ2) is 9.45. The van der Waals surface area contributed by atoms with Crippen LogP contribution >= 0.6 is 0 Å². The molecule has 0 radical (unpaired) electrons. The van der Waals surface area contributed by atoms with Crippen LogP contribution in [0.25, 0.3) is 6.08 Å². The second-order valence-electron chi connectivity index (χ2n) is 10.5. The number of hydrogen-bond donors (Lipinski definition) is 1. The number of barbiturate groups is 1. The first kappa shape index (κ1) is 25.5. The Morgan fingerprint density at radius 2 is 1.75 bits per heavy atom. The van der Waals surface area contributed by atoms with Crippen LogP contribution in [0.3, 0.4) is 0 Å². The lowest BCUT2D eigenvalue weighted by Gasteiger charge is -2.48. The Kier molecular flexibility index (Phi) is 6.69. The molecule has 0 aliphatic carbocycles. The molecule has 1 saturated heterocycles. The van der Waals surface area contributed by atoms with Gasteiger partial charge in [-0.05, 0) is 87.4 Å². The summed E-state index contributed by atoms with van der Waals surface area (Å²) in [6.07, 6.45) is 3.54. The van der Waals surface area contributed by atoms with Crippen LogP contribution in [0.1, 0.15) is 68.7 Å². The molecule has 2 aliphatic heterocycles. The van der Waals surface area contributed by atoms with Crippen LogP contribution in [-0.4, -0.2) is 37.0 Å². The molecule has 1 unspecified atom stereocenters. The van der Waals surface area contributed by atoms with Crippen molar-refractivity contribution < 1.29 is 19.1 Å². The Morgan fingerprint density at radius 1 is 1.08 bits per heavy atom. The molecule has 36 heavy (non-hydrogen) atoms. The highest BCUT2D eigenvalue weighted by atomic mass is 16.5. The lowest BCUT2D eigenvalue weighted by atomic mass is 9.79. The second-order valence-corrected chi connectivity index (χ2v) is 10.5. The summed E-state index contributed by atoms with van der Waals surface area (Å²) in [4.78, 5) is 42.4. The summed E-state index contributed by atoms with van der Waals surface area (Å²) in [5.74, 6) is -0.513. The van der Waals surface area contributed by atoms with Gasteiger partial charge < -0.3 is 9.64 Å². The van der Waals surface area contributed by atoms with Crippen molar-refractivity contribution in [3.05, 3.63) is 58.2 Å². The highest BCUT2D eigenvalue weighted by Gasteiger charge is 2.39. The third kappa shape index (κ3) is 4.50. The molecule has 2 aliphatic rings. The number of nitrogens with one attached hydrogen (secondary N) is 1. The molecule has 4 rings (SSSR count). The molecule has 7 heteroatoms. The summed E-state index contributed by atoms with van der Waals surface area (Å²) in [5.41, 5.74) is 5.05. The average molecular weight is 490 g/mol. The number of imide groups is 2. The number of methoxy groups -OCH3 is 1. The molecule has 0 spiro atoms. The molecule has 1 fully saturated rings. The van der Waals surface area contributed by atoms with E-state index in [-0.39, 0.29) is 17.0 Å². The first-order chi connectivity index (χ1) is 17.0. The molecule has 1 N–H and O–H groups in total. The zero-order valence-corrected chi connectivity index (χ0v) is 22.2. The van der Waals surface area contributed by atoms with Crippen molar-refractivity contribution in [3.63, 3.8) is 0 Å². The van der Waals surface area contributed by atoms with Crippen molar-refractivity contribution in [2.75, 3.05) is 23.5 Å². The maximum atomic E-state index is 13.5. The summed E-state index contributed by atoms with van der Waals surface area (Å²) >= 11 is 0. The quantitative estimate of drug-likeness (QED) is 0.444. The maximum absolute atomic E-state index is 13.5. The van der Waals surface area contributed by atoms with Crippen molar-refractivity contribution >= 4 is 35.3 Å². The first-order valence-corrected chi connectivity index (χ1v) is 12.5. The van der Waals surface area contributed by atoms with Crippen LogP contribution in [0.15, 0.2) is 35.9 Å². The Hall–Kier alpha value is -3.61. The number of ether oxygens (including phenoxy) is 1. The smallest absolute Gasteiger partial charge is 0.335 e. The number of hydrogen-bond acceptors (Lipinski definition) is 5. The van der Waals surface area contributed by atoms with Crippen molar-refractivity contribution in [2.24, 2.45) is 0 Å². The zero-order chi connectivity index (χ0) is 26.4. The van der Waals surface area contributed by atoms with Crippen LogP contribution < -0.4 is 19.9 Å². The van der Waals surface area contributed by atoms with Crippen molar-refractivity contribution in [3.8, 4) is 5.75 Å². The highest BCUT2D eigenvalue weighted by molar-refractivity contribution is 6.39. The van der Waals surface area contributed by atoms with Gasteiger partial charge in [0.15, 0.2) is 0 Å². The Morgan fingerprint density at radius 3 is 2.36 bits per heavy atom. The van der Waals surface area contributed by atoms with Crippen molar-refractivity contribution in [1.82, 2.24) is 5.32 Å². The van der Waals surface area contributed by atoms with E-state index < -0.39 is 17.8 Å². The van der Waals surface area contributed by atoms with Gasteiger partial charge in [0.1, 0.15) is 11.3 Å². The molecule has 4 amide bonds. The Bertz CT molecular complexity index is 1260. The van der Waals surface area contributed by atoms with Crippen LogP contribution in [0.2, 0.25) is 0 Å². The number of carbonyl (C=O) groups is 3. The summed E-state index contributed by atoms with van der Waals surface area (Å²) in [5, 5.41) is 2.32. The third-order valence-electron chi connectivity index (χ3n) is 7.05. The van der Waals surface area contributed by atoms with Gasteiger partial charge in [0.25, 0.3) is 11.8 Å². The molecule has 190 valence electrons. The fourth-order valence-electron chi connectivity index (χ4n) is 5.59. The number of amides is 4. The van der Waals surface area contributed by atoms with Gasteiger partial charge in [-0.15, -0.1) is 0 Å². The fraction of sp³-hybridized carbons (Fsp3) is 0.414. The normalized spacial score (nSPS) is 20.5. The molecular weight excluding hydrogens is 454 g/mol. The van der Waals surface area contributed by atoms with E-state index in [0.29, 0.717) is 17.0 Å². The molecule has 0 aromatic heterocycles. The molecule has 0 bridgehead atoms. The zero-order valence-electron chi connectivity index (χ0n) is 22.2. The summed E-state index contributed by atoms with van der Waals surface area (Å²) < 4.78 is 5.72. The molecular formula is C29H35N3O4. The van der Waals surface area contributed by atoms with Gasteiger partial charge in [0.2, 0.25) is 0 Å². The largest absolute Gasteiger partial charge is 0.496 e. The molecule has 1 atom stereocenters. The minimum absolute atomic E-state index is 0.000546. The Labute approximate surface area is 213 Å². The van der Waals surface area contributed by atoms with E-state index in [2.05, 4.69) is 37.9 Å². The van der Waals surface area contributed by atoms with E-state index in [0.717, 1.165) is 46.7 Å². The third-order valence-corrected chi connectivity index (χ3v) is 7.05. The highest BCUT2D eigenvalue weighted by Crippen LogP contribution is 2.46. The number of anilines is 2. The average Bonchev–Trinajstić information content (AvgIpc) is 2.78. The standard InChI is InChI=1S/C29H35N3O4/c1-8-9-31-24-15-25(36-7)20(13-22(24)19(4)16-29(31,5)6)14-23-26(33)30-28(35)32(27(23)34)21-11-17(2)10-18(3)12-21/h10-15,19H,8-9,16H2,1-7H3,(H,30,33,35)/b23-14-. The van der Waals surface area contributed by atoms with Gasteiger partial charge in [-0.25, -0.2) is 9.69 Å². The summed E-state index contributed by atoms with van der Waals surface area (Å²) in [6.45, 7) is 13.6. The fourth-order valence-corrected chi connectivity index (χ4v) is 5.59. The van der Waals surface area contributed by atoms with Crippen molar-refractivity contribution in [2.45, 2.75) is 65.8 Å². The van der Waals surface area contributed by atoms with Gasteiger partial charge in [-0.1, -0.05) is 19.9 Å². The molecule has 7 nitrogen and oxygen atoms in total. The number of benzene rings is 2. The van der Waals surface area contributed by atoms with Crippen LogP contribution in [0, 0.1) is 13.8 Å². The Balaban J connectivity index is 1.82. The van der Waals surface area contributed by atoms with Gasteiger partial charge in [0, 0.05) is 29.4 Å². The predicted molar refractivity (Wildman–Crippen MR) is 143 cm³/mol. The minimum Gasteiger partial charge on any atom is -0.496 e. The van der Waals surface area contributed by atoms with E-state index >= 15 is 0 Å². The predicted octanol–water partition coefficient (Wildman–Crippen LogP) is 5.48. The topological polar surface area (TPSA) is 79.0 Å². The van der Waals surface area contributed by atoms with E-state index in [1.54, 1.807) is 19.2 Å². The number of carbonyl (C=O) groups excluding carboxylic acids is 3. The lowest BCUT2D eigenvalue weighted by molar-refractivity contribution is -0.122. The first-order valence-electron chi connectivity index (χ1n) is 12.5. The van der Waals surface area contributed by atoms with Crippen LogP contribution in [0.4, 0.5) is 16.2 Å². The number of rotatable bonds is 5. The molecule has 2 heterocycles.